The highest BCUT2D eigenvalue weighted by Gasteiger charge is 2.57. The standard InChI is InChI=1S/C23H23FN2O3/c24-19-7-3-1-5-15(19)13-25-21(27)18-11-16-10-9-14(18)12-23(16)26-22(28)17-6-2-4-8-20(17)29-23/h1-8,14,16,18H,9-13H2,(H,25,27)(H,26,28). The van der Waals surface area contributed by atoms with Crippen molar-refractivity contribution >= 4 is 11.8 Å². The third-order valence-electron chi connectivity index (χ3n) is 6.71. The number of fused-ring (bicyclic) bond motifs is 3. The van der Waals surface area contributed by atoms with Gasteiger partial charge in [-0.15, -0.1) is 0 Å². The van der Waals surface area contributed by atoms with Crippen LogP contribution in [0.3, 0.4) is 0 Å². The van der Waals surface area contributed by atoms with Crippen molar-refractivity contribution in [3.8, 4) is 5.75 Å². The number of carbonyl (C=O) groups excluding carboxylic acids is 2. The summed E-state index contributed by atoms with van der Waals surface area (Å²) in [4.78, 5) is 25.5. The topological polar surface area (TPSA) is 67.4 Å². The van der Waals surface area contributed by atoms with E-state index in [4.69, 9.17) is 4.74 Å². The van der Waals surface area contributed by atoms with E-state index < -0.39 is 5.72 Å². The highest BCUT2D eigenvalue weighted by Crippen LogP contribution is 2.52. The molecule has 3 saturated carbocycles. The minimum Gasteiger partial charge on any atom is -0.467 e. The monoisotopic (exact) mass is 394 g/mol. The van der Waals surface area contributed by atoms with Crippen molar-refractivity contribution in [2.75, 3.05) is 0 Å². The van der Waals surface area contributed by atoms with Crippen LogP contribution in [0.1, 0.15) is 41.6 Å². The molecule has 5 nitrogen and oxygen atoms in total. The van der Waals surface area contributed by atoms with Gasteiger partial charge < -0.3 is 15.4 Å². The molecule has 150 valence electrons. The number of nitrogens with one attached hydrogen (secondary N) is 2. The first-order valence-corrected chi connectivity index (χ1v) is 10.2. The second-order valence-corrected chi connectivity index (χ2v) is 8.33. The molecule has 2 bridgehead atoms. The molecule has 2 aromatic rings. The van der Waals surface area contributed by atoms with Crippen LogP contribution in [0.4, 0.5) is 4.39 Å². The molecular weight excluding hydrogens is 371 g/mol. The number of halogens is 1. The summed E-state index contributed by atoms with van der Waals surface area (Å²) in [5.41, 5.74) is 0.313. The first kappa shape index (κ1) is 18.2. The molecule has 0 saturated heterocycles. The minimum atomic E-state index is -0.726. The molecule has 3 aliphatic carbocycles. The molecule has 2 N–H and O–H groups in total. The summed E-state index contributed by atoms with van der Waals surface area (Å²) in [6, 6.07) is 13.8. The maximum absolute atomic E-state index is 13.8. The van der Waals surface area contributed by atoms with Crippen molar-refractivity contribution in [3.05, 3.63) is 65.5 Å². The highest BCUT2D eigenvalue weighted by atomic mass is 19.1. The van der Waals surface area contributed by atoms with E-state index in [-0.39, 0.29) is 41.9 Å². The van der Waals surface area contributed by atoms with Crippen molar-refractivity contribution < 1.29 is 18.7 Å². The van der Waals surface area contributed by atoms with E-state index in [1.165, 1.54) is 6.07 Å². The Morgan fingerprint density at radius 2 is 1.97 bits per heavy atom. The van der Waals surface area contributed by atoms with Crippen LogP contribution < -0.4 is 15.4 Å². The summed E-state index contributed by atoms with van der Waals surface area (Å²) in [5, 5.41) is 6.00. The Hall–Kier alpha value is -2.89. The van der Waals surface area contributed by atoms with E-state index in [1.807, 2.05) is 18.2 Å². The van der Waals surface area contributed by atoms with E-state index >= 15 is 0 Å². The summed E-state index contributed by atoms with van der Waals surface area (Å²) >= 11 is 0. The van der Waals surface area contributed by atoms with Gasteiger partial charge >= 0.3 is 0 Å². The largest absolute Gasteiger partial charge is 0.467 e. The van der Waals surface area contributed by atoms with E-state index in [2.05, 4.69) is 10.6 Å². The van der Waals surface area contributed by atoms with Gasteiger partial charge in [0.05, 0.1) is 5.56 Å². The van der Waals surface area contributed by atoms with Crippen LogP contribution in [0.15, 0.2) is 48.5 Å². The van der Waals surface area contributed by atoms with Crippen LogP contribution in [-0.2, 0) is 11.3 Å². The quantitative estimate of drug-likeness (QED) is 0.839. The van der Waals surface area contributed by atoms with Crippen molar-refractivity contribution in [3.63, 3.8) is 0 Å². The number of hydrogen-bond acceptors (Lipinski definition) is 3. The van der Waals surface area contributed by atoms with Crippen LogP contribution in [0.5, 0.6) is 5.75 Å². The van der Waals surface area contributed by atoms with Crippen LogP contribution >= 0.6 is 0 Å². The fourth-order valence-electron chi connectivity index (χ4n) is 5.24. The predicted molar refractivity (Wildman–Crippen MR) is 104 cm³/mol. The second kappa shape index (κ2) is 6.87. The van der Waals surface area contributed by atoms with Gasteiger partial charge in [-0.3, -0.25) is 9.59 Å². The highest BCUT2D eigenvalue weighted by molar-refractivity contribution is 5.98. The lowest BCUT2D eigenvalue weighted by Crippen LogP contribution is -2.66. The zero-order chi connectivity index (χ0) is 20.0. The summed E-state index contributed by atoms with van der Waals surface area (Å²) in [5.74, 6) is 0.225. The maximum Gasteiger partial charge on any atom is 0.258 e. The number of rotatable bonds is 3. The molecule has 1 aliphatic heterocycles. The Morgan fingerprint density at radius 1 is 1.17 bits per heavy atom. The van der Waals surface area contributed by atoms with Crippen LogP contribution in [0, 0.1) is 23.6 Å². The number of para-hydroxylation sites is 1. The molecule has 1 spiro atoms. The molecule has 3 fully saturated rings. The average Bonchev–Trinajstić information content (AvgIpc) is 2.73. The number of carbonyl (C=O) groups is 2. The molecule has 6 rings (SSSR count). The summed E-state index contributed by atoms with van der Waals surface area (Å²) in [6.07, 6.45) is 3.14. The first-order valence-electron chi connectivity index (χ1n) is 10.2. The lowest BCUT2D eigenvalue weighted by atomic mass is 9.60. The number of amides is 2. The fraction of sp³-hybridized carbons (Fsp3) is 0.391. The van der Waals surface area contributed by atoms with Crippen LogP contribution in [0.25, 0.3) is 0 Å². The van der Waals surface area contributed by atoms with Gasteiger partial charge in [0, 0.05) is 30.4 Å². The molecule has 4 unspecified atom stereocenters. The molecule has 1 heterocycles. The third-order valence-corrected chi connectivity index (χ3v) is 6.71. The molecular formula is C23H23FN2O3. The van der Waals surface area contributed by atoms with Gasteiger partial charge in [0.25, 0.3) is 5.91 Å². The molecule has 2 amide bonds. The van der Waals surface area contributed by atoms with Crippen LogP contribution in [-0.4, -0.2) is 17.5 Å². The molecule has 29 heavy (non-hydrogen) atoms. The summed E-state index contributed by atoms with van der Waals surface area (Å²) in [6.45, 7) is 0.186. The zero-order valence-electron chi connectivity index (χ0n) is 16.0. The molecule has 4 atom stereocenters. The molecule has 0 radical (unpaired) electrons. The van der Waals surface area contributed by atoms with Gasteiger partial charge in [0.1, 0.15) is 11.6 Å². The molecule has 0 aromatic heterocycles. The normalized spacial score (nSPS) is 29.7. The van der Waals surface area contributed by atoms with Crippen molar-refractivity contribution in [2.24, 2.45) is 17.8 Å². The van der Waals surface area contributed by atoms with E-state index in [1.54, 1.807) is 24.3 Å². The van der Waals surface area contributed by atoms with E-state index in [0.29, 0.717) is 29.7 Å². The minimum absolute atomic E-state index is 0.0414. The van der Waals surface area contributed by atoms with Gasteiger partial charge in [-0.1, -0.05) is 30.3 Å². The van der Waals surface area contributed by atoms with Gasteiger partial charge in [-0.25, -0.2) is 4.39 Å². The SMILES string of the molecule is O=C1NC2(CC3CCC2CC3C(=O)NCc2ccccc2F)Oc2ccccc21. The number of hydrogen-bond donors (Lipinski definition) is 2. The number of ether oxygens (including phenoxy) is 1. The van der Waals surface area contributed by atoms with Crippen molar-refractivity contribution in [1.82, 2.24) is 10.6 Å². The third kappa shape index (κ3) is 3.07. The van der Waals surface area contributed by atoms with Crippen LogP contribution in [0.2, 0.25) is 0 Å². The van der Waals surface area contributed by atoms with Gasteiger partial charge in [0.2, 0.25) is 5.91 Å². The Labute approximate surface area is 168 Å². The van der Waals surface area contributed by atoms with E-state index in [0.717, 1.165) is 12.8 Å². The zero-order valence-corrected chi connectivity index (χ0v) is 16.0. The number of benzene rings is 2. The first-order chi connectivity index (χ1) is 14.1. The fourth-order valence-corrected chi connectivity index (χ4v) is 5.24. The molecule has 6 heteroatoms. The maximum atomic E-state index is 13.8. The average molecular weight is 394 g/mol. The lowest BCUT2D eigenvalue weighted by molar-refractivity contribution is -0.146. The van der Waals surface area contributed by atoms with Gasteiger partial charge in [0.15, 0.2) is 5.72 Å². The van der Waals surface area contributed by atoms with Crippen molar-refractivity contribution in [2.45, 2.75) is 38.0 Å². The predicted octanol–water partition coefficient (Wildman–Crippen LogP) is 3.40. The van der Waals surface area contributed by atoms with Crippen molar-refractivity contribution in [1.29, 1.82) is 0 Å². The van der Waals surface area contributed by atoms with E-state index in [9.17, 15) is 14.0 Å². The van der Waals surface area contributed by atoms with Gasteiger partial charge in [-0.2, -0.15) is 0 Å². The lowest BCUT2D eigenvalue weighted by Gasteiger charge is -2.55. The summed E-state index contributed by atoms with van der Waals surface area (Å²) < 4.78 is 20.1. The Kier molecular flexibility index (Phi) is 4.30. The Morgan fingerprint density at radius 3 is 2.76 bits per heavy atom. The Bertz CT molecular complexity index is 978. The summed E-state index contributed by atoms with van der Waals surface area (Å²) in [7, 11) is 0. The second-order valence-electron chi connectivity index (χ2n) is 8.33. The Balaban J connectivity index is 1.30. The smallest absolute Gasteiger partial charge is 0.258 e. The molecule has 4 aliphatic rings. The van der Waals surface area contributed by atoms with Gasteiger partial charge in [-0.05, 0) is 43.4 Å². The molecule has 2 aromatic carbocycles.